The molecule has 0 aromatic rings. The third-order valence-electron chi connectivity index (χ3n) is 1.56. The van der Waals surface area contributed by atoms with Crippen LogP contribution in [0.5, 0.6) is 0 Å². The molecule has 5 nitrogen and oxygen atoms in total. The summed E-state index contributed by atoms with van der Waals surface area (Å²) in [7, 11) is 2.99. The van der Waals surface area contributed by atoms with Gasteiger partial charge in [0.25, 0.3) is 0 Å². The Bertz CT molecular complexity index is 184. The van der Waals surface area contributed by atoms with E-state index in [1.807, 2.05) is 6.92 Å². The fraction of sp³-hybridized carbons (Fsp3) is 0.875. The minimum Gasteiger partial charge on any atom is -0.341 e. The van der Waals surface area contributed by atoms with Crippen molar-refractivity contribution in [2.45, 2.75) is 19.3 Å². The van der Waals surface area contributed by atoms with Gasteiger partial charge >= 0.3 is 0 Å². The van der Waals surface area contributed by atoms with Crippen LogP contribution in [0.3, 0.4) is 0 Å². The Morgan fingerprint density at radius 2 is 1.92 bits per heavy atom. The van der Waals surface area contributed by atoms with Gasteiger partial charge in [0.05, 0.1) is 12.6 Å². The fourth-order valence-electron chi connectivity index (χ4n) is 0.670. The summed E-state index contributed by atoms with van der Waals surface area (Å²) >= 11 is 0. The van der Waals surface area contributed by atoms with E-state index in [-0.39, 0.29) is 0 Å². The van der Waals surface area contributed by atoms with Gasteiger partial charge in [-0.05, 0) is 6.92 Å². The second-order valence-corrected chi connectivity index (χ2v) is 2.43. The van der Waals surface area contributed by atoms with E-state index in [1.165, 1.54) is 14.2 Å². The van der Waals surface area contributed by atoms with Crippen molar-refractivity contribution in [2.75, 3.05) is 27.3 Å². The van der Waals surface area contributed by atoms with Crippen LogP contribution in [0.2, 0.25) is 0 Å². The van der Waals surface area contributed by atoms with Gasteiger partial charge in [-0.15, -0.1) is 0 Å². The average molecular weight is 187 g/mol. The maximum atomic E-state index is 5.65. The molecule has 5 heteroatoms. The van der Waals surface area contributed by atoms with Crippen molar-refractivity contribution < 1.29 is 9.47 Å². The molecule has 0 aliphatic heterocycles. The number of nitrogens with zero attached hydrogens (tertiary/aromatic N) is 2. The number of methoxy groups -OCH3 is 2. The van der Waals surface area contributed by atoms with Gasteiger partial charge in [-0.3, -0.25) is 5.73 Å². The van der Waals surface area contributed by atoms with E-state index in [9.17, 15) is 0 Å². The zero-order valence-electron chi connectivity index (χ0n) is 8.41. The molecule has 0 amide bonds. The number of rotatable bonds is 6. The number of hydrogen-bond acceptors (Lipinski definition) is 5. The zero-order valence-corrected chi connectivity index (χ0v) is 8.41. The van der Waals surface area contributed by atoms with E-state index < -0.39 is 5.91 Å². The van der Waals surface area contributed by atoms with Gasteiger partial charge in [0.1, 0.15) is 0 Å². The van der Waals surface area contributed by atoms with Crippen molar-refractivity contribution >= 4 is 6.01 Å². The third-order valence-corrected chi connectivity index (χ3v) is 1.56. The van der Waals surface area contributed by atoms with Crippen molar-refractivity contribution in [2.24, 2.45) is 15.7 Å². The summed E-state index contributed by atoms with van der Waals surface area (Å²) in [5.41, 5.74) is 5.65. The molecule has 0 atom stereocenters. The van der Waals surface area contributed by atoms with Crippen LogP contribution < -0.4 is 5.73 Å². The Balaban J connectivity index is 3.80. The highest BCUT2D eigenvalue weighted by Crippen LogP contribution is 2.07. The molecule has 0 aromatic heterocycles. The lowest BCUT2D eigenvalue weighted by atomic mass is 10.3. The monoisotopic (exact) mass is 187 g/mol. The maximum absolute atomic E-state index is 5.65. The van der Waals surface area contributed by atoms with Crippen LogP contribution in [-0.2, 0) is 9.47 Å². The predicted molar refractivity (Wildman–Crippen MR) is 50.8 cm³/mol. The molecule has 0 rings (SSSR count). The molecule has 0 aliphatic rings. The van der Waals surface area contributed by atoms with Crippen molar-refractivity contribution in [3.8, 4) is 0 Å². The highest BCUT2D eigenvalue weighted by molar-refractivity contribution is 5.40. The molecule has 0 radical (unpaired) electrons. The van der Waals surface area contributed by atoms with Gasteiger partial charge in [0.15, 0.2) is 0 Å². The third kappa shape index (κ3) is 5.49. The Labute approximate surface area is 78.7 Å². The smallest absolute Gasteiger partial charge is 0.226 e. The molecule has 76 valence electrons. The maximum Gasteiger partial charge on any atom is 0.226 e. The molecule has 0 aliphatic carbocycles. The molecule has 0 spiro atoms. The second kappa shape index (κ2) is 6.74. The molecule has 0 saturated heterocycles. The van der Waals surface area contributed by atoms with E-state index in [4.69, 9.17) is 15.2 Å². The first kappa shape index (κ1) is 12.3. The van der Waals surface area contributed by atoms with Crippen LogP contribution in [-0.4, -0.2) is 39.2 Å². The Morgan fingerprint density at radius 3 is 2.38 bits per heavy atom. The Hall–Kier alpha value is -0.740. The van der Waals surface area contributed by atoms with Crippen molar-refractivity contribution in [3.05, 3.63) is 0 Å². The average Bonchev–Trinajstić information content (AvgIpc) is 2.17. The van der Waals surface area contributed by atoms with Crippen molar-refractivity contribution in [1.29, 1.82) is 0 Å². The molecule has 0 fully saturated rings. The summed E-state index contributed by atoms with van der Waals surface area (Å²) in [6, 6.07) is 2.54. The van der Waals surface area contributed by atoms with Gasteiger partial charge in [-0.2, -0.15) is 0 Å². The Kier molecular flexibility index (Phi) is 6.36. The summed E-state index contributed by atoms with van der Waals surface area (Å²) in [5, 5.41) is 0. The van der Waals surface area contributed by atoms with Gasteiger partial charge in [0.2, 0.25) is 5.91 Å². The van der Waals surface area contributed by atoms with Gasteiger partial charge in [0, 0.05) is 27.2 Å². The molecule has 0 heterocycles. The van der Waals surface area contributed by atoms with E-state index in [0.717, 1.165) is 0 Å². The van der Waals surface area contributed by atoms with Crippen LogP contribution in [0.4, 0.5) is 0 Å². The number of aliphatic imine (C=N–C) groups is 2. The standard InChI is InChI=1S/C8H17N3O2/c1-4-10-7-11-6-5-8(9,12-2)13-3/h4-6,9H2,1-3H3. The summed E-state index contributed by atoms with van der Waals surface area (Å²) in [6.07, 6.45) is 0.478. The van der Waals surface area contributed by atoms with Gasteiger partial charge in [-0.1, -0.05) is 0 Å². The first-order chi connectivity index (χ1) is 6.18. The Morgan fingerprint density at radius 1 is 1.31 bits per heavy atom. The van der Waals surface area contributed by atoms with Crippen molar-refractivity contribution in [1.82, 2.24) is 0 Å². The summed E-state index contributed by atoms with van der Waals surface area (Å²) in [4.78, 5) is 7.69. The second-order valence-electron chi connectivity index (χ2n) is 2.43. The highest BCUT2D eigenvalue weighted by Gasteiger charge is 2.22. The lowest BCUT2D eigenvalue weighted by molar-refractivity contribution is -0.204. The lowest BCUT2D eigenvalue weighted by Gasteiger charge is -2.24. The molecular weight excluding hydrogens is 170 g/mol. The van der Waals surface area contributed by atoms with E-state index in [0.29, 0.717) is 19.5 Å². The first-order valence-corrected chi connectivity index (χ1v) is 4.15. The zero-order chi connectivity index (χ0) is 10.2. The molecule has 13 heavy (non-hydrogen) atoms. The molecule has 2 N–H and O–H groups in total. The first-order valence-electron chi connectivity index (χ1n) is 4.15. The predicted octanol–water partition coefficient (Wildman–Crippen LogP) is 0.476. The molecule has 0 unspecified atom stereocenters. The number of hydrogen-bond donors (Lipinski definition) is 1. The van der Waals surface area contributed by atoms with Crippen molar-refractivity contribution in [3.63, 3.8) is 0 Å². The minimum absolute atomic E-state index is 0.478. The number of ether oxygens (including phenoxy) is 2. The molecule has 0 bridgehead atoms. The fourth-order valence-corrected chi connectivity index (χ4v) is 0.670. The molecular formula is C8H17N3O2. The van der Waals surface area contributed by atoms with Crippen LogP contribution in [0.15, 0.2) is 9.98 Å². The van der Waals surface area contributed by atoms with Crippen LogP contribution in [0, 0.1) is 0 Å². The van der Waals surface area contributed by atoms with E-state index in [1.54, 1.807) is 0 Å². The summed E-state index contributed by atoms with van der Waals surface area (Å²) < 4.78 is 9.86. The molecule has 0 aromatic carbocycles. The quantitative estimate of drug-likeness (QED) is 0.485. The van der Waals surface area contributed by atoms with Gasteiger partial charge < -0.3 is 9.47 Å². The summed E-state index contributed by atoms with van der Waals surface area (Å²) in [5.74, 6) is -1.04. The summed E-state index contributed by atoms with van der Waals surface area (Å²) in [6.45, 7) is 3.09. The van der Waals surface area contributed by atoms with Crippen LogP contribution in [0.25, 0.3) is 0 Å². The lowest BCUT2D eigenvalue weighted by Crippen LogP contribution is -2.44. The number of nitrogens with two attached hydrogens (primary N) is 1. The van der Waals surface area contributed by atoms with Crippen LogP contribution >= 0.6 is 0 Å². The molecule has 0 saturated carbocycles. The minimum atomic E-state index is -1.04. The largest absolute Gasteiger partial charge is 0.341 e. The normalized spacial score (nSPS) is 10.8. The highest BCUT2D eigenvalue weighted by atomic mass is 16.7. The van der Waals surface area contributed by atoms with Gasteiger partial charge in [-0.25, -0.2) is 9.98 Å². The van der Waals surface area contributed by atoms with E-state index in [2.05, 4.69) is 16.0 Å². The topological polar surface area (TPSA) is 69.2 Å². The van der Waals surface area contributed by atoms with Crippen LogP contribution in [0.1, 0.15) is 13.3 Å². The van der Waals surface area contributed by atoms with E-state index >= 15 is 0 Å². The SMILES string of the molecule is CCN=C=NCCC(N)(OC)OC.